The minimum Gasteiger partial charge on any atom is -0.456 e. The molecule has 1 saturated heterocycles. The summed E-state index contributed by atoms with van der Waals surface area (Å²) in [5, 5.41) is 5.94. The van der Waals surface area contributed by atoms with Crippen LogP contribution in [0, 0.1) is 0 Å². The molecule has 5 rings (SSSR count). The SMILES string of the molecule is O=C(OCc1ccc(C2CCNCC2OCc2ccc3ccccc3c2)cc1)c1cnccn1. The lowest BCUT2D eigenvalue weighted by molar-refractivity contribution is 0.0106. The van der Waals surface area contributed by atoms with E-state index in [0.29, 0.717) is 12.5 Å². The highest BCUT2D eigenvalue weighted by Crippen LogP contribution is 2.29. The van der Waals surface area contributed by atoms with Gasteiger partial charge in [-0.1, -0.05) is 60.7 Å². The van der Waals surface area contributed by atoms with Crippen molar-refractivity contribution < 1.29 is 14.3 Å². The van der Waals surface area contributed by atoms with Gasteiger partial charge in [-0.25, -0.2) is 9.78 Å². The van der Waals surface area contributed by atoms with Gasteiger partial charge in [-0.2, -0.15) is 0 Å². The van der Waals surface area contributed by atoms with Crippen LogP contribution in [0.5, 0.6) is 0 Å². The molecule has 0 bridgehead atoms. The highest BCUT2D eigenvalue weighted by atomic mass is 16.5. The first-order valence-corrected chi connectivity index (χ1v) is 11.6. The standard InChI is InChI=1S/C28H27N3O3/c32-28(26-16-30-13-14-31-26)34-18-20-5-9-23(10-6-20)25-11-12-29-17-27(25)33-19-21-7-8-22-3-1-2-4-24(22)15-21/h1-10,13-16,25,27,29H,11-12,17-19H2. The summed E-state index contributed by atoms with van der Waals surface area (Å²) in [5.74, 6) is -0.157. The summed E-state index contributed by atoms with van der Waals surface area (Å²) in [6, 6.07) is 23.2. The van der Waals surface area contributed by atoms with Crippen molar-refractivity contribution in [1.82, 2.24) is 15.3 Å². The molecular weight excluding hydrogens is 426 g/mol. The van der Waals surface area contributed by atoms with Gasteiger partial charge in [0.05, 0.1) is 18.9 Å². The number of hydrogen-bond acceptors (Lipinski definition) is 6. The van der Waals surface area contributed by atoms with Gasteiger partial charge in [-0.05, 0) is 46.5 Å². The second-order valence-corrected chi connectivity index (χ2v) is 8.54. The number of aromatic nitrogens is 2. The fourth-order valence-corrected chi connectivity index (χ4v) is 4.41. The lowest BCUT2D eigenvalue weighted by Crippen LogP contribution is -2.40. The largest absolute Gasteiger partial charge is 0.456 e. The normalized spacial score (nSPS) is 18.0. The molecule has 1 aliphatic rings. The molecule has 2 unspecified atom stereocenters. The first kappa shape index (κ1) is 22.2. The number of carbonyl (C=O) groups excluding carboxylic acids is 1. The molecule has 3 aromatic carbocycles. The molecule has 2 atom stereocenters. The van der Waals surface area contributed by atoms with Gasteiger partial charge < -0.3 is 14.8 Å². The summed E-state index contributed by atoms with van der Waals surface area (Å²) in [4.78, 5) is 20.0. The number of rotatable bonds is 7. The smallest absolute Gasteiger partial charge is 0.358 e. The van der Waals surface area contributed by atoms with Gasteiger partial charge in [-0.3, -0.25) is 4.98 Å². The maximum absolute atomic E-state index is 12.1. The highest BCUT2D eigenvalue weighted by molar-refractivity contribution is 5.86. The minimum atomic E-state index is -0.474. The average molecular weight is 454 g/mol. The molecule has 0 amide bonds. The maximum Gasteiger partial charge on any atom is 0.358 e. The van der Waals surface area contributed by atoms with Crippen LogP contribution in [0.2, 0.25) is 0 Å². The predicted molar refractivity (Wildman–Crippen MR) is 130 cm³/mol. The molecule has 172 valence electrons. The fraction of sp³-hybridized carbons (Fsp3) is 0.250. The maximum atomic E-state index is 12.1. The van der Waals surface area contributed by atoms with Crippen LogP contribution in [-0.4, -0.2) is 35.1 Å². The van der Waals surface area contributed by atoms with E-state index < -0.39 is 5.97 Å². The Balaban J connectivity index is 1.20. The molecule has 0 radical (unpaired) electrons. The number of fused-ring (bicyclic) bond motifs is 1. The highest BCUT2D eigenvalue weighted by Gasteiger charge is 2.27. The molecular formula is C28H27N3O3. The Kier molecular flexibility index (Phi) is 6.89. The molecule has 1 fully saturated rings. The average Bonchev–Trinajstić information content (AvgIpc) is 2.91. The van der Waals surface area contributed by atoms with Crippen molar-refractivity contribution in [3.8, 4) is 0 Å². The Morgan fingerprint density at radius 2 is 1.76 bits per heavy atom. The zero-order valence-electron chi connectivity index (χ0n) is 18.9. The van der Waals surface area contributed by atoms with Gasteiger partial charge >= 0.3 is 5.97 Å². The number of piperidine rings is 1. The summed E-state index contributed by atoms with van der Waals surface area (Å²) in [6.07, 6.45) is 5.52. The molecule has 1 aromatic heterocycles. The third kappa shape index (κ3) is 5.30. The monoisotopic (exact) mass is 453 g/mol. The summed E-state index contributed by atoms with van der Waals surface area (Å²) in [7, 11) is 0. The summed E-state index contributed by atoms with van der Waals surface area (Å²) in [6.45, 7) is 2.58. The van der Waals surface area contributed by atoms with Crippen LogP contribution in [0.15, 0.2) is 85.3 Å². The van der Waals surface area contributed by atoms with Crippen LogP contribution in [0.1, 0.15) is 39.5 Å². The Labute approximate surface area is 199 Å². The molecule has 0 saturated carbocycles. The zero-order chi connectivity index (χ0) is 23.2. The summed E-state index contributed by atoms with van der Waals surface area (Å²) in [5.41, 5.74) is 3.57. The third-order valence-electron chi connectivity index (χ3n) is 6.25. The van der Waals surface area contributed by atoms with E-state index in [9.17, 15) is 4.79 Å². The van der Waals surface area contributed by atoms with E-state index in [2.05, 4.69) is 69.9 Å². The molecule has 34 heavy (non-hydrogen) atoms. The molecule has 0 aliphatic carbocycles. The quantitative estimate of drug-likeness (QED) is 0.411. The van der Waals surface area contributed by atoms with E-state index in [0.717, 1.165) is 25.1 Å². The Hall–Kier alpha value is -3.61. The van der Waals surface area contributed by atoms with Crippen molar-refractivity contribution in [2.45, 2.75) is 31.7 Å². The van der Waals surface area contributed by atoms with Gasteiger partial charge in [-0.15, -0.1) is 0 Å². The van der Waals surface area contributed by atoms with E-state index in [1.54, 1.807) is 0 Å². The molecule has 6 heteroatoms. The Morgan fingerprint density at radius 3 is 2.59 bits per heavy atom. The van der Waals surface area contributed by atoms with E-state index in [-0.39, 0.29) is 18.4 Å². The Morgan fingerprint density at radius 1 is 0.941 bits per heavy atom. The van der Waals surface area contributed by atoms with Crippen LogP contribution < -0.4 is 5.32 Å². The lowest BCUT2D eigenvalue weighted by Gasteiger charge is -2.32. The van der Waals surface area contributed by atoms with Crippen LogP contribution >= 0.6 is 0 Å². The van der Waals surface area contributed by atoms with Gasteiger partial charge in [0, 0.05) is 24.9 Å². The third-order valence-corrected chi connectivity index (χ3v) is 6.25. The topological polar surface area (TPSA) is 73.3 Å². The number of esters is 1. The minimum absolute atomic E-state index is 0.0977. The molecule has 2 heterocycles. The number of hydrogen-bond donors (Lipinski definition) is 1. The first-order chi connectivity index (χ1) is 16.8. The molecule has 1 aliphatic heterocycles. The van der Waals surface area contributed by atoms with Crippen molar-refractivity contribution in [1.29, 1.82) is 0 Å². The fourth-order valence-electron chi connectivity index (χ4n) is 4.41. The van der Waals surface area contributed by atoms with Crippen LogP contribution in [0.3, 0.4) is 0 Å². The second-order valence-electron chi connectivity index (χ2n) is 8.54. The van der Waals surface area contributed by atoms with Gasteiger partial charge in [0.2, 0.25) is 0 Å². The van der Waals surface area contributed by atoms with Crippen LogP contribution in [-0.2, 0) is 22.7 Å². The van der Waals surface area contributed by atoms with Gasteiger partial charge in [0.1, 0.15) is 6.61 Å². The Bertz CT molecular complexity index is 1240. The molecule has 6 nitrogen and oxygen atoms in total. The summed E-state index contributed by atoms with van der Waals surface area (Å²) < 4.78 is 11.8. The molecule has 0 spiro atoms. The number of benzene rings is 3. The van der Waals surface area contributed by atoms with Crippen molar-refractivity contribution in [3.05, 3.63) is 108 Å². The van der Waals surface area contributed by atoms with Crippen molar-refractivity contribution in [2.24, 2.45) is 0 Å². The molecule has 1 N–H and O–H groups in total. The predicted octanol–water partition coefficient (Wildman–Crippen LogP) is 4.65. The lowest BCUT2D eigenvalue weighted by atomic mass is 9.87. The van der Waals surface area contributed by atoms with Crippen molar-refractivity contribution in [3.63, 3.8) is 0 Å². The first-order valence-electron chi connectivity index (χ1n) is 11.6. The van der Waals surface area contributed by atoms with E-state index in [1.807, 2.05) is 12.1 Å². The number of ether oxygens (including phenoxy) is 2. The van der Waals surface area contributed by atoms with Crippen LogP contribution in [0.25, 0.3) is 10.8 Å². The van der Waals surface area contributed by atoms with Crippen LogP contribution in [0.4, 0.5) is 0 Å². The van der Waals surface area contributed by atoms with Crippen molar-refractivity contribution in [2.75, 3.05) is 13.1 Å². The van der Waals surface area contributed by atoms with E-state index in [1.165, 1.54) is 40.5 Å². The van der Waals surface area contributed by atoms with E-state index >= 15 is 0 Å². The number of carbonyl (C=O) groups is 1. The van der Waals surface area contributed by atoms with Crippen molar-refractivity contribution >= 4 is 16.7 Å². The zero-order valence-corrected chi connectivity index (χ0v) is 18.9. The number of nitrogens with one attached hydrogen (secondary N) is 1. The number of nitrogens with zero attached hydrogens (tertiary/aromatic N) is 2. The van der Waals surface area contributed by atoms with E-state index in [4.69, 9.17) is 9.47 Å². The van der Waals surface area contributed by atoms with Gasteiger partial charge in [0.15, 0.2) is 5.69 Å². The van der Waals surface area contributed by atoms with Gasteiger partial charge in [0.25, 0.3) is 0 Å². The second kappa shape index (κ2) is 10.5. The summed E-state index contributed by atoms with van der Waals surface area (Å²) >= 11 is 0. The molecule has 4 aromatic rings.